The highest BCUT2D eigenvalue weighted by Gasteiger charge is 2.01. The lowest BCUT2D eigenvalue weighted by Gasteiger charge is -2.08. The standard InChI is InChI=1S/C13H12Cl2N2/c1-9-2-3-10(7-16-9)8-17-13-6-11(14)4-5-12(13)15/h2-7,17H,8H2,1H3. The van der Waals surface area contributed by atoms with Gasteiger partial charge >= 0.3 is 0 Å². The third-order valence-corrected chi connectivity index (χ3v) is 2.95. The maximum atomic E-state index is 6.05. The molecule has 0 spiro atoms. The lowest BCUT2D eigenvalue weighted by molar-refractivity contribution is 1.09. The molecule has 0 amide bonds. The van der Waals surface area contributed by atoms with Gasteiger partial charge in [0.05, 0.1) is 10.7 Å². The molecule has 88 valence electrons. The van der Waals surface area contributed by atoms with Crippen LogP contribution < -0.4 is 5.32 Å². The van der Waals surface area contributed by atoms with Crippen LogP contribution in [-0.2, 0) is 6.54 Å². The summed E-state index contributed by atoms with van der Waals surface area (Å²) in [6, 6.07) is 9.37. The van der Waals surface area contributed by atoms with E-state index in [1.807, 2.05) is 31.3 Å². The molecule has 0 saturated heterocycles. The zero-order valence-electron chi connectivity index (χ0n) is 9.37. The van der Waals surface area contributed by atoms with Gasteiger partial charge in [0, 0.05) is 23.5 Å². The minimum absolute atomic E-state index is 0.662. The Morgan fingerprint density at radius 3 is 2.71 bits per heavy atom. The predicted molar refractivity (Wildman–Crippen MR) is 72.8 cm³/mol. The molecule has 2 aromatic rings. The number of nitrogens with zero attached hydrogens (tertiary/aromatic N) is 1. The van der Waals surface area contributed by atoms with E-state index in [-0.39, 0.29) is 0 Å². The number of rotatable bonds is 3. The molecular formula is C13H12Cl2N2. The largest absolute Gasteiger partial charge is 0.380 e. The smallest absolute Gasteiger partial charge is 0.0638 e. The van der Waals surface area contributed by atoms with Gasteiger partial charge in [0.15, 0.2) is 0 Å². The molecule has 2 nitrogen and oxygen atoms in total. The van der Waals surface area contributed by atoms with Crippen LogP contribution >= 0.6 is 23.2 Å². The molecule has 2 rings (SSSR count). The third kappa shape index (κ3) is 3.35. The molecular weight excluding hydrogens is 255 g/mol. The van der Waals surface area contributed by atoms with Gasteiger partial charge in [0.2, 0.25) is 0 Å². The van der Waals surface area contributed by atoms with Gasteiger partial charge in [-0.3, -0.25) is 4.98 Å². The van der Waals surface area contributed by atoms with Crippen molar-refractivity contribution < 1.29 is 0 Å². The SMILES string of the molecule is Cc1ccc(CNc2cc(Cl)ccc2Cl)cn1. The maximum Gasteiger partial charge on any atom is 0.0638 e. The van der Waals surface area contributed by atoms with E-state index in [1.54, 1.807) is 12.1 Å². The number of halogens is 2. The number of hydrogen-bond acceptors (Lipinski definition) is 2. The molecule has 1 aromatic heterocycles. The Bertz CT molecular complexity index is 509. The normalized spacial score (nSPS) is 10.3. The summed E-state index contributed by atoms with van der Waals surface area (Å²) in [5.41, 5.74) is 2.95. The van der Waals surface area contributed by atoms with Crippen molar-refractivity contribution in [3.8, 4) is 0 Å². The van der Waals surface area contributed by atoms with Crippen molar-refractivity contribution in [2.24, 2.45) is 0 Å². The molecule has 0 aliphatic rings. The molecule has 17 heavy (non-hydrogen) atoms. The van der Waals surface area contributed by atoms with E-state index in [1.165, 1.54) is 0 Å². The number of hydrogen-bond donors (Lipinski definition) is 1. The van der Waals surface area contributed by atoms with Crippen molar-refractivity contribution in [3.05, 3.63) is 57.8 Å². The molecule has 4 heteroatoms. The Kier molecular flexibility index (Phi) is 3.87. The van der Waals surface area contributed by atoms with Crippen molar-refractivity contribution in [2.45, 2.75) is 13.5 Å². The van der Waals surface area contributed by atoms with E-state index < -0.39 is 0 Å². The van der Waals surface area contributed by atoms with Crippen molar-refractivity contribution in [1.82, 2.24) is 4.98 Å². The van der Waals surface area contributed by atoms with Crippen LogP contribution in [0, 0.1) is 6.92 Å². The van der Waals surface area contributed by atoms with Crippen molar-refractivity contribution in [2.75, 3.05) is 5.32 Å². The Morgan fingerprint density at radius 1 is 1.18 bits per heavy atom. The van der Waals surface area contributed by atoms with Crippen LogP contribution in [0.1, 0.15) is 11.3 Å². The van der Waals surface area contributed by atoms with Crippen molar-refractivity contribution in [3.63, 3.8) is 0 Å². The number of aryl methyl sites for hydroxylation is 1. The van der Waals surface area contributed by atoms with E-state index in [0.717, 1.165) is 16.9 Å². The first kappa shape index (κ1) is 12.2. The minimum atomic E-state index is 0.662. The van der Waals surface area contributed by atoms with Gasteiger partial charge < -0.3 is 5.32 Å². The summed E-state index contributed by atoms with van der Waals surface area (Å²) in [7, 11) is 0. The molecule has 0 atom stereocenters. The summed E-state index contributed by atoms with van der Waals surface area (Å²) in [6.07, 6.45) is 1.85. The lowest BCUT2D eigenvalue weighted by Crippen LogP contribution is -2.00. The monoisotopic (exact) mass is 266 g/mol. The number of pyridine rings is 1. The zero-order chi connectivity index (χ0) is 12.3. The Balaban J connectivity index is 2.07. The molecule has 0 aliphatic heterocycles. The highest BCUT2D eigenvalue weighted by atomic mass is 35.5. The fourth-order valence-corrected chi connectivity index (χ4v) is 1.79. The maximum absolute atomic E-state index is 6.05. The Labute approximate surface area is 111 Å². The second-order valence-corrected chi connectivity index (χ2v) is 4.63. The summed E-state index contributed by atoms with van der Waals surface area (Å²) in [5, 5.41) is 4.56. The fraction of sp³-hybridized carbons (Fsp3) is 0.154. The molecule has 1 N–H and O–H groups in total. The molecule has 0 bridgehead atoms. The molecule has 0 fully saturated rings. The van der Waals surface area contributed by atoms with Gasteiger partial charge in [-0.05, 0) is 36.8 Å². The molecule has 1 heterocycles. The lowest BCUT2D eigenvalue weighted by atomic mass is 10.2. The highest BCUT2D eigenvalue weighted by molar-refractivity contribution is 6.35. The first-order valence-electron chi connectivity index (χ1n) is 5.25. The molecule has 0 aliphatic carbocycles. The molecule has 0 radical (unpaired) electrons. The van der Waals surface area contributed by atoms with Crippen molar-refractivity contribution in [1.29, 1.82) is 0 Å². The number of nitrogens with one attached hydrogen (secondary N) is 1. The number of aromatic nitrogens is 1. The van der Waals surface area contributed by atoms with Gasteiger partial charge in [-0.25, -0.2) is 0 Å². The number of benzene rings is 1. The van der Waals surface area contributed by atoms with Crippen LogP contribution in [0.15, 0.2) is 36.5 Å². The fourth-order valence-electron chi connectivity index (χ4n) is 1.43. The van der Waals surface area contributed by atoms with Gasteiger partial charge in [0.1, 0.15) is 0 Å². The second-order valence-electron chi connectivity index (χ2n) is 3.79. The summed E-state index contributed by atoms with van der Waals surface area (Å²) < 4.78 is 0. The summed E-state index contributed by atoms with van der Waals surface area (Å²) >= 11 is 12.0. The summed E-state index contributed by atoms with van der Waals surface area (Å²) in [4.78, 5) is 4.23. The topological polar surface area (TPSA) is 24.9 Å². The van der Waals surface area contributed by atoms with E-state index in [2.05, 4.69) is 10.3 Å². The van der Waals surface area contributed by atoms with Crippen LogP contribution in [0.25, 0.3) is 0 Å². The van der Waals surface area contributed by atoms with E-state index in [0.29, 0.717) is 16.6 Å². The second kappa shape index (κ2) is 5.39. The number of anilines is 1. The molecule has 0 saturated carbocycles. The summed E-state index contributed by atoms with van der Waals surface area (Å²) in [6.45, 7) is 2.64. The van der Waals surface area contributed by atoms with E-state index >= 15 is 0 Å². The molecule has 1 aromatic carbocycles. The quantitative estimate of drug-likeness (QED) is 0.896. The molecule has 0 unspecified atom stereocenters. The van der Waals surface area contributed by atoms with Crippen molar-refractivity contribution >= 4 is 28.9 Å². The predicted octanol–water partition coefficient (Wildman–Crippen LogP) is 4.31. The van der Waals surface area contributed by atoms with Crippen LogP contribution in [0.3, 0.4) is 0 Å². The van der Waals surface area contributed by atoms with Crippen LogP contribution in [-0.4, -0.2) is 4.98 Å². The Morgan fingerprint density at radius 2 is 2.00 bits per heavy atom. The first-order chi connectivity index (χ1) is 8.15. The van der Waals surface area contributed by atoms with E-state index in [4.69, 9.17) is 23.2 Å². The Hall–Kier alpha value is -1.25. The zero-order valence-corrected chi connectivity index (χ0v) is 10.9. The van der Waals surface area contributed by atoms with Gasteiger partial charge in [-0.15, -0.1) is 0 Å². The third-order valence-electron chi connectivity index (χ3n) is 2.38. The average Bonchev–Trinajstić information content (AvgIpc) is 2.32. The van der Waals surface area contributed by atoms with Gasteiger partial charge in [-0.1, -0.05) is 29.3 Å². The van der Waals surface area contributed by atoms with Crippen LogP contribution in [0.4, 0.5) is 5.69 Å². The average molecular weight is 267 g/mol. The van der Waals surface area contributed by atoms with Crippen LogP contribution in [0.5, 0.6) is 0 Å². The van der Waals surface area contributed by atoms with Gasteiger partial charge in [-0.2, -0.15) is 0 Å². The van der Waals surface area contributed by atoms with Gasteiger partial charge in [0.25, 0.3) is 0 Å². The summed E-state index contributed by atoms with van der Waals surface area (Å²) in [5.74, 6) is 0. The minimum Gasteiger partial charge on any atom is -0.380 e. The highest BCUT2D eigenvalue weighted by Crippen LogP contribution is 2.25. The van der Waals surface area contributed by atoms with E-state index in [9.17, 15) is 0 Å². The first-order valence-corrected chi connectivity index (χ1v) is 6.01. The van der Waals surface area contributed by atoms with Crippen LogP contribution in [0.2, 0.25) is 10.0 Å².